The zero-order valence-corrected chi connectivity index (χ0v) is 14.0. The Kier molecular flexibility index (Phi) is 4.11. The molecule has 27 heavy (non-hydrogen) atoms. The van der Waals surface area contributed by atoms with E-state index in [1.54, 1.807) is 30.3 Å². The number of nitrogens with two attached hydrogens (primary N) is 1. The molecule has 0 saturated carbocycles. The Morgan fingerprint density at radius 2 is 1.67 bits per heavy atom. The van der Waals surface area contributed by atoms with Gasteiger partial charge in [0.05, 0.1) is 11.9 Å². The maximum atomic E-state index is 12.9. The SMILES string of the molecule is NNc1nc2c(cnn2-c2ccccc2)c(=O)n1NC(=O)c1ccccc1. The van der Waals surface area contributed by atoms with Gasteiger partial charge in [0.1, 0.15) is 5.39 Å². The zero-order chi connectivity index (χ0) is 18.8. The Balaban J connectivity index is 1.82. The molecule has 9 heteroatoms. The minimum Gasteiger partial charge on any atom is -0.292 e. The summed E-state index contributed by atoms with van der Waals surface area (Å²) in [6.45, 7) is 0. The lowest BCUT2D eigenvalue weighted by Gasteiger charge is -2.13. The number of carbonyl (C=O) groups excluding carboxylic acids is 1. The highest BCUT2D eigenvalue weighted by molar-refractivity contribution is 6.00. The van der Waals surface area contributed by atoms with E-state index in [0.29, 0.717) is 11.2 Å². The molecule has 0 bridgehead atoms. The van der Waals surface area contributed by atoms with Crippen LogP contribution in [-0.4, -0.2) is 25.3 Å². The number of hydrogen-bond donors (Lipinski definition) is 3. The Bertz CT molecular complexity index is 1170. The molecule has 0 aliphatic carbocycles. The van der Waals surface area contributed by atoms with E-state index in [0.717, 1.165) is 10.4 Å². The van der Waals surface area contributed by atoms with Crippen molar-refractivity contribution >= 4 is 22.9 Å². The predicted octanol–water partition coefficient (Wildman–Crippen LogP) is 1.25. The number of hydrazine groups is 1. The van der Waals surface area contributed by atoms with Crippen LogP contribution in [0.2, 0.25) is 0 Å². The number of nitrogens with zero attached hydrogens (tertiary/aromatic N) is 4. The van der Waals surface area contributed by atoms with Gasteiger partial charge in [-0.1, -0.05) is 36.4 Å². The Labute approximate surface area is 153 Å². The third kappa shape index (κ3) is 2.92. The van der Waals surface area contributed by atoms with Gasteiger partial charge in [-0.15, -0.1) is 0 Å². The van der Waals surface area contributed by atoms with Gasteiger partial charge in [-0.3, -0.25) is 20.4 Å². The van der Waals surface area contributed by atoms with Crippen molar-refractivity contribution in [2.24, 2.45) is 5.84 Å². The van der Waals surface area contributed by atoms with E-state index in [-0.39, 0.29) is 11.3 Å². The lowest BCUT2D eigenvalue weighted by Crippen LogP contribution is -2.36. The number of carbonyl (C=O) groups is 1. The van der Waals surface area contributed by atoms with Gasteiger partial charge in [0.2, 0.25) is 5.95 Å². The topological polar surface area (TPSA) is 120 Å². The van der Waals surface area contributed by atoms with Gasteiger partial charge < -0.3 is 0 Å². The molecule has 2 aromatic carbocycles. The van der Waals surface area contributed by atoms with Gasteiger partial charge in [-0.05, 0) is 24.3 Å². The summed E-state index contributed by atoms with van der Waals surface area (Å²) in [5, 5.41) is 4.48. The molecule has 0 fully saturated rings. The molecule has 2 aromatic heterocycles. The monoisotopic (exact) mass is 361 g/mol. The molecule has 0 radical (unpaired) electrons. The minimum atomic E-state index is -0.501. The van der Waals surface area contributed by atoms with E-state index >= 15 is 0 Å². The van der Waals surface area contributed by atoms with Crippen molar-refractivity contribution in [3.05, 3.63) is 82.8 Å². The van der Waals surface area contributed by atoms with Crippen LogP contribution in [0.3, 0.4) is 0 Å². The molecule has 134 valence electrons. The third-order valence-corrected chi connectivity index (χ3v) is 3.98. The standard InChI is InChI=1S/C18H15N7O2/c19-22-18-21-15-14(11-20-24(15)13-9-5-2-6-10-13)17(27)25(18)23-16(26)12-7-3-1-4-8-12/h1-11H,19H2,(H,21,22)(H,23,26). The maximum Gasteiger partial charge on any atom is 0.285 e. The number of aromatic nitrogens is 4. The highest BCUT2D eigenvalue weighted by atomic mass is 16.2. The molecule has 4 rings (SSSR count). The number of nitrogen functional groups attached to an aromatic ring is 1. The highest BCUT2D eigenvalue weighted by Gasteiger charge is 2.17. The molecule has 0 aliphatic rings. The molecule has 0 aliphatic heterocycles. The van der Waals surface area contributed by atoms with Gasteiger partial charge in [0.25, 0.3) is 11.5 Å². The number of amides is 1. The van der Waals surface area contributed by atoms with Gasteiger partial charge in [-0.25, -0.2) is 10.5 Å². The van der Waals surface area contributed by atoms with E-state index in [9.17, 15) is 9.59 Å². The maximum absolute atomic E-state index is 12.9. The summed E-state index contributed by atoms with van der Waals surface area (Å²) in [5.41, 5.74) is 5.82. The third-order valence-electron chi connectivity index (χ3n) is 3.98. The molecule has 0 unspecified atom stereocenters. The first-order valence-corrected chi connectivity index (χ1v) is 8.08. The summed E-state index contributed by atoms with van der Waals surface area (Å²) < 4.78 is 2.50. The second-order valence-electron chi connectivity index (χ2n) is 5.66. The van der Waals surface area contributed by atoms with Crippen molar-refractivity contribution in [3.63, 3.8) is 0 Å². The van der Waals surface area contributed by atoms with Gasteiger partial charge >= 0.3 is 0 Å². The fourth-order valence-electron chi connectivity index (χ4n) is 2.68. The summed E-state index contributed by atoms with van der Waals surface area (Å²) in [5.74, 6) is 5.04. The fraction of sp³-hybridized carbons (Fsp3) is 0. The first-order valence-electron chi connectivity index (χ1n) is 8.08. The van der Waals surface area contributed by atoms with Crippen molar-refractivity contribution in [2.75, 3.05) is 10.9 Å². The van der Waals surface area contributed by atoms with Crippen LogP contribution in [0.1, 0.15) is 10.4 Å². The van der Waals surface area contributed by atoms with Crippen LogP contribution in [-0.2, 0) is 0 Å². The molecule has 9 nitrogen and oxygen atoms in total. The van der Waals surface area contributed by atoms with E-state index in [1.807, 2.05) is 30.3 Å². The van der Waals surface area contributed by atoms with Crippen molar-refractivity contribution in [1.82, 2.24) is 19.4 Å². The summed E-state index contributed by atoms with van der Waals surface area (Å²) >= 11 is 0. The molecular formula is C18H15N7O2. The van der Waals surface area contributed by atoms with Crippen LogP contribution in [0, 0.1) is 0 Å². The minimum absolute atomic E-state index is 0.0190. The van der Waals surface area contributed by atoms with Crippen molar-refractivity contribution in [2.45, 2.75) is 0 Å². The van der Waals surface area contributed by atoms with Gasteiger partial charge in [-0.2, -0.15) is 14.8 Å². The van der Waals surface area contributed by atoms with Gasteiger partial charge in [0.15, 0.2) is 5.65 Å². The summed E-state index contributed by atoms with van der Waals surface area (Å²) in [6, 6.07) is 17.8. The molecule has 0 saturated heterocycles. The average Bonchev–Trinajstić information content (AvgIpc) is 3.15. The lowest BCUT2D eigenvalue weighted by atomic mass is 10.2. The van der Waals surface area contributed by atoms with Crippen molar-refractivity contribution < 1.29 is 4.79 Å². The molecule has 4 aromatic rings. The van der Waals surface area contributed by atoms with E-state index < -0.39 is 11.5 Å². The first-order chi connectivity index (χ1) is 13.2. The Hall–Kier alpha value is -3.98. The van der Waals surface area contributed by atoms with Crippen LogP contribution in [0.4, 0.5) is 5.95 Å². The van der Waals surface area contributed by atoms with E-state index in [1.165, 1.54) is 10.9 Å². The fourth-order valence-corrected chi connectivity index (χ4v) is 2.68. The second-order valence-corrected chi connectivity index (χ2v) is 5.66. The number of fused-ring (bicyclic) bond motifs is 1. The first kappa shape index (κ1) is 16.5. The van der Waals surface area contributed by atoms with Crippen LogP contribution >= 0.6 is 0 Å². The van der Waals surface area contributed by atoms with E-state index in [4.69, 9.17) is 5.84 Å². The molecule has 0 spiro atoms. The molecule has 0 atom stereocenters. The average molecular weight is 361 g/mol. The largest absolute Gasteiger partial charge is 0.292 e. The number of anilines is 1. The number of benzene rings is 2. The normalized spacial score (nSPS) is 10.7. The summed E-state index contributed by atoms with van der Waals surface area (Å²) in [6.07, 6.45) is 1.41. The number of rotatable bonds is 4. The Morgan fingerprint density at radius 3 is 2.33 bits per heavy atom. The van der Waals surface area contributed by atoms with Crippen molar-refractivity contribution in [3.8, 4) is 5.69 Å². The smallest absolute Gasteiger partial charge is 0.285 e. The van der Waals surface area contributed by atoms with Crippen LogP contribution in [0.5, 0.6) is 0 Å². The van der Waals surface area contributed by atoms with Crippen LogP contribution < -0.4 is 22.3 Å². The quantitative estimate of drug-likeness (QED) is 0.372. The molecule has 4 N–H and O–H groups in total. The number of nitrogens with one attached hydrogen (secondary N) is 2. The molecule has 2 heterocycles. The molecular weight excluding hydrogens is 346 g/mol. The molecule has 1 amide bonds. The predicted molar refractivity (Wildman–Crippen MR) is 101 cm³/mol. The highest BCUT2D eigenvalue weighted by Crippen LogP contribution is 2.15. The zero-order valence-electron chi connectivity index (χ0n) is 14.0. The second kappa shape index (κ2) is 6.73. The Morgan fingerprint density at radius 1 is 1.00 bits per heavy atom. The number of hydrogen-bond acceptors (Lipinski definition) is 6. The number of para-hydroxylation sites is 1. The van der Waals surface area contributed by atoms with Crippen LogP contribution in [0.15, 0.2) is 71.7 Å². The van der Waals surface area contributed by atoms with Crippen molar-refractivity contribution in [1.29, 1.82) is 0 Å². The lowest BCUT2D eigenvalue weighted by molar-refractivity contribution is 0.101. The van der Waals surface area contributed by atoms with Gasteiger partial charge in [0, 0.05) is 5.56 Å². The van der Waals surface area contributed by atoms with Crippen LogP contribution in [0.25, 0.3) is 16.7 Å². The summed E-state index contributed by atoms with van der Waals surface area (Å²) in [7, 11) is 0. The summed E-state index contributed by atoms with van der Waals surface area (Å²) in [4.78, 5) is 29.6. The van der Waals surface area contributed by atoms with E-state index in [2.05, 4.69) is 20.9 Å².